The molecule has 0 spiro atoms. The Morgan fingerprint density at radius 1 is 1.26 bits per heavy atom. The van der Waals surface area contributed by atoms with Crippen LogP contribution in [0.25, 0.3) is 5.57 Å². The smallest absolute Gasteiger partial charge is 0.363 e. The van der Waals surface area contributed by atoms with Crippen LogP contribution in [0.5, 0.6) is 5.75 Å². The molecule has 1 aromatic rings. The zero-order valence-electron chi connectivity index (χ0n) is 17.3. The summed E-state index contributed by atoms with van der Waals surface area (Å²) >= 11 is 0. The van der Waals surface area contributed by atoms with E-state index in [0.717, 1.165) is 48.1 Å². The highest BCUT2D eigenvalue weighted by Crippen LogP contribution is 2.35. The second-order valence-electron chi connectivity index (χ2n) is 7.56. The van der Waals surface area contributed by atoms with Crippen molar-refractivity contribution in [2.24, 2.45) is 5.92 Å². The molecular weight excluding hydrogens is 333 g/mol. The Morgan fingerprint density at radius 2 is 2.00 bits per heavy atom. The minimum absolute atomic E-state index is 0.0526. The molecule has 1 heterocycles. The van der Waals surface area contributed by atoms with Crippen molar-refractivity contribution in [2.75, 3.05) is 0 Å². The monoisotopic (exact) mass is 367 g/mol. The highest BCUT2D eigenvalue weighted by atomic mass is 16.4. The van der Waals surface area contributed by atoms with Gasteiger partial charge in [-0.05, 0) is 55.6 Å². The van der Waals surface area contributed by atoms with Crippen LogP contribution in [0, 0.1) is 5.92 Å². The van der Waals surface area contributed by atoms with Crippen molar-refractivity contribution in [1.29, 1.82) is 0 Å². The third-order valence-electron chi connectivity index (χ3n) is 5.60. The van der Waals surface area contributed by atoms with Crippen LogP contribution in [-0.4, -0.2) is 19.3 Å². The average molecular weight is 367 g/mol. The van der Waals surface area contributed by atoms with Gasteiger partial charge in [-0.15, -0.1) is 0 Å². The summed E-state index contributed by atoms with van der Waals surface area (Å²) in [4.78, 5) is 11.6. The van der Waals surface area contributed by atoms with E-state index in [1.165, 1.54) is 18.4 Å². The van der Waals surface area contributed by atoms with Gasteiger partial charge in [0.05, 0.1) is 0 Å². The van der Waals surface area contributed by atoms with E-state index in [2.05, 4.69) is 50.5 Å². The molecule has 0 radical (unpaired) electrons. The Morgan fingerprint density at radius 3 is 2.67 bits per heavy atom. The van der Waals surface area contributed by atoms with E-state index in [-0.39, 0.29) is 11.8 Å². The Labute approximate surface area is 165 Å². The molecule has 146 valence electrons. The van der Waals surface area contributed by atoms with Crippen LogP contribution in [0.3, 0.4) is 0 Å². The number of carbonyl (C=O) groups excluding carboxylic acids is 1. The molecule has 0 saturated heterocycles. The van der Waals surface area contributed by atoms with E-state index >= 15 is 0 Å². The molecule has 27 heavy (non-hydrogen) atoms. The van der Waals surface area contributed by atoms with Gasteiger partial charge in [0.2, 0.25) is 5.91 Å². The largest absolute Gasteiger partial charge is 0.561 e. The zero-order chi connectivity index (χ0) is 19.8. The van der Waals surface area contributed by atoms with Crippen LogP contribution in [0.4, 0.5) is 0 Å². The molecule has 0 aromatic heterocycles. The molecule has 1 N–H and O–H groups in total. The molecule has 0 fully saturated rings. The summed E-state index contributed by atoms with van der Waals surface area (Å²) in [5, 5.41) is 3.03. The number of fused-ring (bicyclic) bond motifs is 1. The number of hydrogen-bond acceptors (Lipinski definition) is 2. The van der Waals surface area contributed by atoms with Crippen molar-refractivity contribution in [2.45, 2.75) is 71.7 Å². The predicted molar refractivity (Wildman–Crippen MR) is 116 cm³/mol. The molecule has 1 aliphatic rings. The van der Waals surface area contributed by atoms with Gasteiger partial charge in [-0.2, -0.15) is 0 Å². The topological polar surface area (TPSA) is 38.3 Å². The van der Waals surface area contributed by atoms with Crippen LogP contribution >= 0.6 is 0 Å². The maximum Gasteiger partial charge on any atom is 0.363 e. The highest BCUT2D eigenvalue weighted by Gasteiger charge is 2.25. The van der Waals surface area contributed by atoms with Gasteiger partial charge in [-0.3, -0.25) is 4.79 Å². The van der Waals surface area contributed by atoms with E-state index < -0.39 is 0 Å². The molecule has 0 aliphatic carbocycles. The summed E-state index contributed by atoms with van der Waals surface area (Å²) in [5.41, 5.74) is 4.76. The Bertz CT molecular complexity index is 679. The lowest BCUT2D eigenvalue weighted by atomic mass is 9.78. The predicted octanol–water partition coefficient (Wildman–Crippen LogP) is 5.00. The first-order chi connectivity index (χ1) is 13.0. The molecule has 1 atom stereocenters. The second kappa shape index (κ2) is 10.4. The van der Waals surface area contributed by atoms with Crippen molar-refractivity contribution in [3.63, 3.8) is 0 Å². The van der Waals surface area contributed by atoms with Crippen molar-refractivity contribution < 1.29 is 9.45 Å². The first-order valence-electron chi connectivity index (χ1n) is 10.4. The first-order valence-corrected chi connectivity index (χ1v) is 10.4. The molecule has 4 heteroatoms. The minimum Gasteiger partial charge on any atom is -0.561 e. The molecule has 1 amide bonds. The van der Waals surface area contributed by atoms with Crippen LogP contribution in [0.2, 0.25) is 0 Å². The summed E-state index contributed by atoms with van der Waals surface area (Å²) in [6, 6.07) is 6.25. The van der Waals surface area contributed by atoms with Crippen LogP contribution < -0.4 is 9.97 Å². The summed E-state index contributed by atoms with van der Waals surface area (Å²) in [7, 11) is 0.522. The molecule has 1 aromatic carbocycles. The van der Waals surface area contributed by atoms with Gasteiger partial charge in [0.15, 0.2) is 0 Å². The van der Waals surface area contributed by atoms with E-state index in [9.17, 15) is 4.79 Å². The minimum atomic E-state index is 0.0526. The van der Waals surface area contributed by atoms with Crippen LogP contribution in [0.1, 0.15) is 70.4 Å². The quantitative estimate of drug-likeness (QED) is 0.467. The van der Waals surface area contributed by atoms with Crippen molar-refractivity contribution in [1.82, 2.24) is 5.32 Å². The van der Waals surface area contributed by atoms with Gasteiger partial charge >= 0.3 is 7.48 Å². The molecule has 0 saturated carbocycles. The van der Waals surface area contributed by atoms with Crippen LogP contribution in [-0.2, 0) is 11.2 Å². The Hall–Kier alpha value is -1.97. The van der Waals surface area contributed by atoms with E-state index in [0.29, 0.717) is 19.8 Å². The number of benzene rings is 1. The summed E-state index contributed by atoms with van der Waals surface area (Å²) < 4.78 is 6.04. The molecule has 1 aliphatic heterocycles. The normalized spacial score (nSPS) is 15.5. The second-order valence-corrected chi connectivity index (χ2v) is 7.56. The Kier molecular flexibility index (Phi) is 8.21. The Balaban J connectivity index is 1.96. The maximum atomic E-state index is 11.6. The first kappa shape index (κ1) is 21.3. The third-order valence-corrected chi connectivity index (χ3v) is 5.60. The van der Waals surface area contributed by atoms with Gasteiger partial charge in [0, 0.05) is 17.9 Å². The van der Waals surface area contributed by atoms with Gasteiger partial charge < -0.3 is 9.97 Å². The van der Waals surface area contributed by atoms with Crippen molar-refractivity contribution in [3.8, 4) is 5.75 Å². The molecule has 3 nitrogen and oxygen atoms in total. The van der Waals surface area contributed by atoms with Crippen molar-refractivity contribution >= 4 is 19.0 Å². The lowest BCUT2D eigenvalue weighted by molar-refractivity contribution is -0.121. The standard InChI is InChI=1S/C23H34BNO2/c1-6-18(7-2)16(4)11-9-12-17(5)20-14-10-13-19-15-21(24-27-23(19)20)25-22(26)8-3/h10,13-14,18,21,24H,4-9,11-12,15H2,1-3H3,(H,25,26). The number of rotatable bonds is 10. The van der Waals surface area contributed by atoms with Gasteiger partial charge in [0.25, 0.3) is 0 Å². The third kappa shape index (κ3) is 5.75. The fourth-order valence-electron chi connectivity index (χ4n) is 3.86. The van der Waals surface area contributed by atoms with Crippen LogP contribution in [0.15, 0.2) is 36.9 Å². The molecule has 1 unspecified atom stereocenters. The molecule has 0 bridgehead atoms. The van der Waals surface area contributed by atoms with E-state index in [1.807, 2.05) is 6.92 Å². The molecule has 2 rings (SSSR count). The number of hydrogen-bond donors (Lipinski definition) is 1. The van der Waals surface area contributed by atoms with Crippen molar-refractivity contribution in [3.05, 3.63) is 48.1 Å². The fraction of sp³-hybridized carbons (Fsp3) is 0.522. The van der Waals surface area contributed by atoms with E-state index in [4.69, 9.17) is 4.65 Å². The number of carbonyl (C=O) groups is 1. The van der Waals surface area contributed by atoms with Gasteiger partial charge in [0.1, 0.15) is 5.75 Å². The summed E-state index contributed by atoms with van der Waals surface area (Å²) in [6.45, 7) is 14.9. The maximum absolute atomic E-state index is 11.6. The fourth-order valence-corrected chi connectivity index (χ4v) is 3.86. The zero-order valence-corrected chi connectivity index (χ0v) is 17.3. The lowest BCUT2D eigenvalue weighted by Gasteiger charge is -2.27. The highest BCUT2D eigenvalue weighted by molar-refractivity contribution is 6.32. The SMILES string of the molecule is C=C(CCCC(=C)C(CC)CC)c1cccc2c1OBC(NC(=O)CC)C2. The number of amides is 1. The average Bonchev–Trinajstić information content (AvgIpc) is 2.68. The van der Waals surface area contributed by atoms with E-state index in [1.54, 1.807) is 0 Å². The van der Waals surface area contributed by atoms with Gasteiger partial charge in [-0.1, -0.05) is 57.7 Å². The number of nitrogens with one attached hydrogen (secondary N) is 1. The number of para-hydroxylation sites is 1. The molecular formula is C23H34BNO2. The lowest BCUT2D eigenvalue weighted by Crippen LogP contribution is -2.44. The summed E-state index contributed by atoms with van der Waals surface area (Å²) in [6.07, 6.45) is 6.75. The van der Waals surface area contributed by atoms with Gasteiger partial charge in [-0.25, -0.2) is 0 Å². The summed E-state index contributed by atoms with van der Waals surface area (Å²) in [5.74, 6) is 1.71. The number of allylic oxidation sites excluding steroid dienone is 2.